The molecule has 0 saturated heterocycles. The van der Waals surface area contributed by atoms with Crippen LogP contribution in [-0.4, -0.2) is 22.7 Å². The van der Waals surface area contributed by atoms with E-state index in [1.54, 1.807) is 6.92 Å². The average molecular weight is 266 g/mol. The minimum Gasteiger partial charge on any atom is -0.461 e. The molecule has 5 nitrogen and oxygen atoms in total. The number of nitrogens with zero attached hydrogens (tertiary/aromatic N) is 2. The highest BCUT2D eigenvalue weighted by Gasteiger charge is 2.21. The quantitative estimate of drug-likeness (QED) is 0.799. The lowest BCUT2D eigenvalue weighted by Gasteiger charge is -1.97. The van der Waals surface area contributed by atoms with Crippen molar-refractivity contribution in [2.75, 3.05) is 6.61 Å². The van der Waals surface area contributed by atoms with Crippen molar-refractivity contribution in [2.45, 2.75) is 27.7 Å². The van der Waals surface area contributed by atoms with Gasteiger partial charge in [0.15, 0.2) is 5.69 Å². The van der Waals surface area contributed by atoms with Gasteiger partial charge in [-0.15, -0.1) is 11.3 Å². The highest BCUT2D eigenvalue weighted by atomic mass is 32.1. The van der Waals surface area contributed by atoms with Crippen molar-refractivity contribution in [2.24, 2.45) is 0 Å². The second kappa shape index (κ2) is 4.89. The number of hydrogen-bond donors (Lipinski definition) is 0. The van der Waals surface area contributed by atoms with Gasteiger partial charge < -0.3 is 9.26 Å². The summed E-state index contributed by atoms with van der Waals surface area (Å²) in [6.07, 6.45) is 0. The van der Waals surface area contributed by atoms with Crippen LogP contribution >= 0.6 is 11.3 Å². The van der Waals surface area contributed by atoms with E-state index in [4.69, 9.17) is 9.26 Å². The summed E-state index contributed by atoms with van der Waals surface area (Å²) in [5.74, 6) is 0.320. The lowest BCUT2D eigenvalue weighted by Crippen LogP contribution is -2.06. The average Bonchev–Trinajstić information content (AvgIpc) is 2.83. The summed E-state index contributed by atoms with van der Waals surface area (Å²) in [6, 6.07) is 0. The Kier molecular flexibility index (Phi) is 3.47. The van der Waals surface area contributed by atoms with Crippen LogP contribution in [0.15, 0.2) is 4.52 Å². The summed E-state index contributed by atoms with van der Waals surface area (Å²) in [5, 5.41) is 4.63. The van der Waals surface area contributed by atoms with Gasteiger partial charge in [-0.05, 0) is 27.7 Å². The van der Waals surface area contributed by atoms with Crippen molar-refractivity contribution in [3.05, 3.63) is 22.0 Å². The molecule has 2 heterocycles. The molecule has 0 aliphatic carbocycles. The zero-order valence-corrected chi connectivity index (χ0v) is 11.6. The number of carbonyl (C=O) groups is 1. The molecule has 0 bridgehead atoms. The van der Waals surface area contributed by atoms with E-state index in [-0.39, 0.29) is 5.97 Å². The van der Waals surface area contributed by atoms with Gasteiger partial charge in [-0.25, -0.2) is 9.78 Å². The fourth-order valence-corrected chi connectivity index (χ4v) is 2.73. The molecule has 0 saturated carbocycles. The maximum Gasteiger partial charge on any atom is 0.358 e. The molecule has 96 valence electrons. The van der Waals surface area contributed by atoms with Crippen LogP contribution in [0, 0.1) is 20.8 Å². The molecule has 0 aliphatic heterocycles. The standard InChI is InChI=1S/C12H14N2O3S/c1-5-16-12(15)10-8(4)18-11(13-10)9-6(2)14-17-7(9)3/h5H2,1-4H3. The van der Waals surface area contributed by atoms with Crippen molar-refractivity contribution in [3.8, 4) is 10.6 Å². The predicted octanol–water partition coefficient (Wildman–Crippen LogP) is 2.90. The molecular weight excluding hydrogens is 252 g/mol. The van der Waals surface area contributed by atoms with E-state index < -0.39 is 0 Å². The van der Waals surface area contributed by atoms with Gasteiger partial charge in [0.2, 0.25) is 0 Å². The number of rotatable bonds is 3. The van der Waals surface area contributed by atoms with Crippen molar-refractivity contribution < 1.29 is 14.1 Å². The predicted molar refractivity (Wildman–Crippen MR) is 67.8 cm³/mol. The highest BCUT2D eigenvalue weighted by molar-refractivity contribution is 7.15. The Morgan fingerprint density at radius 1 is 1.39 bits per heavy atom. The molecule has 0 radical (unpaired) electrons. The van der Waals surface area contributed by atoms with Gasteiger partial charge in [0.05, 0.1) is 17.9 Å². The molecule has 0 spiro atoms. The van der Waals surface area contributed by atoms with Crippen LogP contribution in [-0.2, 0) is 4.74 Å². The Hall–Kier alpha value is -1.69. The van der Waals surface area contributed by atoms with E-state index in [2.05, 4.69) is 10.1 Å². The number of hydrogen-bond acceptors (Lipinski definition) is 6. The highest BCUT2D eigenvalue weighted by Crippen LogP contribution is 2.32. The number of thiazole rings is 1. The third kappa shape index (κ3) is 2.15. The van der Waals surface area contributed by atoms with Gasteiger partial charge in [-0.1, -0.05) is 5.16 Å². The number of ether oxygens (including phenoxy) is 1. The van der Waals surface area contributed by atoms with E-state index in [0.29, 0.717) is 18.1 Å². The van der Waals surface area contributed by atoms with E-state index in [9.17, 15) is 4.79 Å². The monoisotopic (exact) mass is 266 g/mol. The lowest BCUT2D eigenvalue weighted by atomic mass is 10.2. The fourth-order valence-electron chi connectivity index (χ4n) is 1.68. The zero-order chi connectivity index (χ0) is 13.3. The van der Waals surface area contributed by atoms with E-state index in [1.165, 1.54) is 11.3 Å². The van der Waals surface area contributed by atoms with Gasteiger partial charge in [-0.3, -0.25) is 0 Å². The maximum absolute atomic E-state index is 11.7. The van der Waals surface area contributed by atoms with Crippen LogP contribution < -0.4 is 0 Å². The summed E-state index contributed by atoms with van der Waals surface area (Å²) in [4.78, 5) is 16.9. The van der Waals surface area contributed by atoms with Crippen LogP contribution in [0.1, 0.15) is 33.7 Å². The third-order valence-corrected chi connectivity index (χ3v) is 3.50. The second-order valence-electron chi connectivity index (χ2n) is 3.84. The summed E-state index contributed by atoms with van der Waals surface area (Å²) in [7, 11) is 0. The minimum atomic E-state index is -0.385. The maximum atomic E-state index is 11.7. The fraction of sp³-hybridized carbons (Fsp3) is 0.417. The van der Waals surface area contributed by atoms with Crippen molar-refractivity contribution in [3.63, 3.8) is 0 Å². The Labute approximate surface area is 109 Å². The first-order chi connectivity index (χ1) is 8.54. The lowest BCUT2D eigenvalue weighted by molar-refractivity contribution is 0.0519. The molecule has 0 atom stereocenters. The topological polar surface area (TPSA) is 65.2 Å². The molecule has 0 unspecified atom stereocenters. The van der Waals surface area contributed by atoms with Gasteiger partial charge in [0, 0.05) is 4.88 Å². The summed E-state index contributed by atoms with van der Waals surface area (Å²) in [5.41, 5.74) is 2.01. The number of aromatic nitrogens is 2. The smallest absolute Gasteiger partial charge is 0.358 e. The van der Waals surface area contributed by atoms with E-state index in [1.807, 2.05) is 20.8 Å². The van der Waals surface area contributed by atoms with Crippen LogP contribution in [0.4, 0.5) is 0 Å². The first kappa shape index (κ1) is 12.8. The first-order valence-electron chi connectivity index (χ1n) is 5.62. The zero-order valence-electron chi connectivity index (χ0n) is 10.7. The van der Waals surface area contributed by atoms with Crippen LogP contribution in [0.5, 0.6) is 0 Å². The normalized spacial score (nSPS) is 10.7. The number of aryl methyl sites for hydroxylation is 3. The Morgan fingerprint density at radius 2 is 2.11 bits per heavy atom. The van der Waals surface area contributed by atoms with Gasteiger partial charge >= 0.3 is 5.97 Å². The van der Waals surface area contributed by atoms with Crippen LogP contribution in [0.25, 0.3) is 10.6 Å². The molecule has 0 fully saturated rings. The third-order valence-electron chi connectivity index (χ3n) is 2.51. The van der Waals surface area contributed by atoms with Crippen molar-refractivity contribution in [1.82, 2.24) is 10.1 Å². The van der Waals surface area contributed by atoms with Gasteiger partial charge in [-0.2, -0.15) is 0 Å². The molecule has 2 rings (SSSR count). The molecule has 2 aromatic heterocycles. The SMILES string of the molecule is CCOC(=O)c1nc(-c2c(C)noc2C)sc1C. The molecule has 0 aliphatic rings. The summed E-state index contributed by atoms with van der Waals surface area (Å²) < 4.78 is 10.1. The Balaban J connectivity index is 2.43. The van der Waals surface area contributed by atoms with E-state index in [0.717, 1.165) is 21.1 Å². The molecular formula is C12H14N2O3S. The van der Waals surface area contributed by atoms with Crippen molar-refractivity contribution in [1.29, 1.82) is 0 Å². The summed E-state index contributed by atoms with van der Waals surface area (Å²) in [6.45, 7) is 7.65. The summed E-state index contributed by atoms with van der Waals surface area (Å²) >= 11 is 1.44. The second-order valence-corrected chi connectivity index (χ2v) is 5.05. The van der Waals surface area contributed by atoms with Crippen LogP contribution in [0.2, 0.25) is 0 Å². The number of esters is 1. The van der Waals surface area contributed by atoms with Crippen molar-refractivity contribution >= 4 is 17.3 Å². The molecule has 2 aromatic rings. The molecule has 0 N–H and O–H groups in total. The molecule has 0 amide bonds. The molecule has 0 aromatic carbocycles. The molecule has 18 heavy (non-hydrogen) atoms. The Morgan fingerprint density at radius 3 is 2.67 bits per heavy atom. The first-order valence-corrected chi connectivity index (χ1v) is 6.44. The minimum absolute atomic E-state index is 0.344. The van der Waals surface area contributed by atoms with Crippen LogP contribution in [0.3, 0.4) is 0 Å². The largest absolute Gasteiger partial charge is 0.461 e. The van der Waals surface area contributed by atoms with E-state index >= 15 is 0 Å². The van der Waals surface area contributed by atoms with Gasteiger partial charge in [0.1, 0.15) is 10.8 Å². The number of carbonyl (C=O) groups excluding carboxylic acids is 1. The molecule has 6 heteroatoms. The van der Waals surface area contributed by atoms with Gasteiger partial charge in [0.25, 0.3) is 0 Å². The Bertz CT molecular complexity index is 567.